The van der Waals surface area contributed by atoms with Gasteiger partial charge in [-0.2, -0.15) is 13.2 Å². The highest BCUT2D eigenvalue weighted by atomic mass is 35.5. The van der Waals surface area contributed by atoms with Crippen molar-refractivity contribution in [2.45, 2.75) is 6.18 Å². The van der Waals surface area contributed by atoms with Gasteiger partial charge in [-0.15, -0.1) is 11.6 Å². The molecule has 2 nitrogen and oxygen atoms in total. The second kappa shape index (κ2) is 7.22. The second-order valence-electron chi connectivity index (χ2n) is 3.30. The maximum atomic E-state index is 13.4. The third-order valence-corrected chi connectivity index (χ3v) is 1.94. The SMILES string of the molecule is Fc1cc(OCOCC(F)(F)F)ccc1C#CCCl. The van der Waals surface area contributed by atoms with Crippen LogP contribution in [-0.4, -0.2) is 25.5 Å². The summed E-state index contributed by atoms with van der Waals surface area (Å²) in [5.74, 6) is 4.44. The molecule has 0 saturated carbocycles. The summed E-state index contributed by atoms with van der Waals surface area (Å²) in [5, 5.41) is 0. The van der Waals surface area contributed by atoms with E-state index < -0.39 is 25.4 Å². The molecule has 0 aliphatic carbocycles. The highest BCUT2D eigenvalue weighted by molar-refractivity contribution is 6.19. The molecule has 1 aromatic rings. The first-order chi connectivity index (χ1) is 8.92. The van der Waals surface area contributed by atoms with Gasteiger partial charge in [0.1, 0.15) is 18.2 Å². The number of rotatable bonds is 4. The summed E-state index contributed by atoms with van der Waals surface area (Å²) < 4.78 is 57.7. The van der Waals surface area contributed by atoms with E-state index >= 15 is 0 Å². The van der Waals surface area contributed by atoms with Crippen molar-refractivity contribution >= 4 is 11.6 Å². The van der Waals surface area contributed by atoms with Gasteiger partial charge in [0.2, 0.25) is 0 Å². The Bertz CT molecular complexity index is 477. The lowest BCUT2D eigenvalue weighted by Gasteiger charge is -2.09. The average molecular weight is 297 g/mol. The molecule has 0 atom stereocenters. The number of ether oxygens (including phenoxy) is 2. The van der Waals surface area contributed by atoms with Crippen LogP contribution in [0, 0.1) is 17.7 Å². The maximum Gasteiger partial charge on any atom is 0.411 e. The van der Waals surface area contributed by atoms with Crippen LogP contribution in [0.1, 0.15) is 5.56 Å². The van der Waals surface area contributed by atoms with Gasteiger partial charge in [0, 0.05) is 6.07 Å². The van der Waals surface area contributed by atoms with Gasteiger partial charge in [-0.1, -0.05) is 11.8 Å². The normalized spacial score (nSPS) is 10.8. The largest absolute Gasteiger partial charge is 0.467 e. The molecule has 1 rings (SSSR count). The van der Waals surface area contributed by atoms with Gasteiger partial charge >= 0.3 is 6.18 Å². The molecule has 1 aromatic carbocycles. The van der Waals surface area contributed by atoms with Crippen molar-refractivity contribution in [3.05, 3.63) is 29.6 Å². The van der Waals surface area contributed by atoms with Crippen molar-refractivity contribution in [3.8, 4) is 17.6 Å². The average Bonchev–Trinajstić information content (AvgIpc) is 2.32. The molecular formula is C12H9ClF4O2. The van der Waals surface area contributed by atoms with E-state index in [1.165, 1.54) is 12.1 Å². The first kappa shape index (κ1) is 15.6. The first-order valence-corrected chi connectivity index (χ1v) is 5.57. The summed E-state index contributed by atoms with van der Waals surface area (Å²) in [6.45, 7) is -2.04. The van der Waals surface area contributed by atoms with Crippen molar-refractivity contribution in [2.24, 2.45) is 0 Å². The number of hydrogen-bond acceptors (Lipinski definition) is 2. The van der Waals surface area contributed by atoms with Crippen LogP contribution >= 0.6 is 11.6 Å². The minimum atomic E-state index is -4.42. The van der Waals surface area contributed by atoms with Gasteiger partial charge in [0.05, 0.1) is 11.4 Å². The molecule has 7 heteroatoms. The zero-order chi connectivity index (χ0) is 14.3. The van der Waals surface area contributed by atoms with Crippen LogP contribution in [0.15, 0.2) is 18.2 Å². The summed E-state index contributed by atoms with van der Waals surface area (Å²) in [6, 6.07) is 3.72. The van der Waals surface area contributed by atoms with Crippen LogP contribution in [0.4, 0.5) is 17.6 Å². The third-order valence-electron chi connectivity index (χ3n) is 1.81. The molecule has 0 saturated heterocycles. The lowest BCUT2D eigenvalue weighted by Crippen LogP contribution is -2.19. The first-order valence-electron chi connectivity index (χ1n) is 5.04. The van der Waals surface area contributed by atoms with Crippen LogP contribution in [-0.2, 0) is 4.74 Å². The quantitative estimate of drug-likeness (QED) is 0.279. The zero-order valence-corrected chi connectivity index (χ0v) is 10.3. The molecule has 19 heavy (non-hydrogen) atoms. The van der Waals surface area contributed by atoms with E-state index in [1.807, 2.05) is 0 Å². The Kier molecular flexibility index (Phi) is 5.93. The van der Waals surface area contributed by atoms with E-state index in [0.29, 0.717) is 0 Å². The minimum Gasteiger partial charge on any atom is -0.467 e. The van der Waals surface area contributed by atoms with Gasteiger partial charge in [0.25, 0.3) is 0 Å². The molecule has 0 spiro atoms. The molecule has 0 bridgehead atoms. The second-order valence-corrected chi connectivity index (χ2v) is 3.57. The summed E-state index contributed by atoms with van der Waals surface area (Å²) in [6.07, 6.45) is -4.42. The summed E-state index contributed by atoms with van der Waals surface area (Å²) in [7, 11) is 0. The van der Waals surface area contributed by atoms with Gasteiger partial charge in [-0.25, -0.2) is 4.39 Å². The highest BCUT2D eigenvalue weighted by Gasteiger charge is 2.27. The fourth-order valence-corrected chi connectivity index (χ4v) is 1.15. The number of alkyl halides is 4. The van der Waals surface area contributed by atoms with Crippen LogP contribution in [0.2, 0.25) is 0 Å². The fourth-order valence-electron chi connectivity index (χ4n) is 1.08. The highest BCUT2D eigenvalue weighted by Crippen LogP contribution is 2.17. The topological polar surface area (TPSA) is 18.5 Å². The lowest BCUT2D eigenvalue weighted by atomic mass is 10.2. The molecule has 0 aliphatic rings. The Morgan fingerprint density at radius 3 is 2.58 bits per heavy atom. The molecular weight excluding hydrogens is 288 g/mol. The monoisotopic (exact) mass is 296 g/mol. The molecule has 0 radical (unpaired) electrons. The summed E-state index contributed by atoms with van der Waals surface area (Å²) in [4.78, 5) is 0. The Balaban J connectivity index is 2.50. The van der Waals surface area contributed by atoms with Crippen LogP contribution in [0.3, 0.4) is 0 Å². The van der Waals surface area contributed by atoms with E-state index in [-0.39, 0.29) is 17.2 Å². The number of benzene rings is 1. The van der Waals surface area contributed by atoms with Crippen LogP contribution in [0.25, 0.3) is 0 Å². The fraction of sp³-hybridized carbons (Fsp3) is 0.333. The standard InChI is InChI=1S/C12H9ClF4O2/c13-5-1-2-9-3-4-10(6-11(9)14)19-8-18-7-12(15,16)17/h3-4,6H,5,7-8H2. The number of hydrogen-bond donors (Lipinski definition) is 0. The van der Waals surface area contributed by atoms with Gasteiger partial charge in [-0.3, -0.25) is 0 Å². The molecule has 0 aliphatic heterocycles. The molecule has 0 N–H and O–H groups in total. The van der Waals surface area contributed by atoms with E-state index in [1.54, 1.807) is 0 Å². The Hall–Kier alpha value is -1.45. The van der Waals surface area contributed by atoms with Crippen LogP contribution in [0.5, 0.6) is 5.75 Å². The van der Waals surface area contributed by atoms with E-state index in [9.17, 15) is 17.6 Å². The van der Waals surface area contributed by atoms with Crippen molar-refractivity contribution in [2.75, 3.05) is 19.3 Å². The minimum absolute atomic E-state index is 0.0519. The van der Waals surface area contributed by atoms with E-state index in [2.05, 4.69) is 16.6 Å². The lowest BCUT2D eigenvalue weighted by molar-refractivity contribution is -0.186. The Morgan fingerprint density at radius 2 is 2.00 bits per heavy atom. The van der Waals surface area contributed by atoms with Crippen molar-refractivity contribution in [1.29, 1.82) is 0 Å². The van der Waals surface area contributed by atoms with Crippen LogP contribution < -0.4 is 4.74 Å². The molecule has 0 fully saturated rings. The zero-order valence-electron chi connectivity index (χ0n) is 9.56. The van der Waals surface area contributed by atoms with Gasteiger partial charge in [0.15, 0.2) is 6.79 Å². The summed E-state index contributed by atoms with van der Waals surface area (Å²) in [5.41, 5.74) is 0.129. The third kappa shape index (κ3) is 6.32. The van der Waals surface area contributed by atoms with E-state index in [0.717, 1.165) is 6.07 Å². The smallest absolute Gasteiger partial charge is 0.411 e. The Labute approximate surface area is 112 Å². The molecule has 0 heterocycles. The van der Waals surface area contributed by atoms with Gasteiger partial charge in [-0.05, 0) is 12.1 Å². The predicted octanol–water partition coefficient (Wildman–Crippen LogP) is 3.33. The van der Waals surface area contributed by atoms with E-state index in [4.69, 9.17) is 16.3 Å². The molecule has 0 amide bonds. The summed E-state index contributed by atoms with van der Waals surface area (Å²) >= 11 is 5.33. The van der Waals surface area contributed by atoms with Crippen molar-refractivity contribution < 1.29 is 27.0 Å². The Morgan fingerprint density at radius 1 is 1.26 bits per heavy atom. The maximum absolute atomic E-state index is 13.4. The van der Waals surface area contributed by atoms with Crippen molar-refractivity contribution in [3.63, 3.8) is 0 Å². The molecule has 0 aromatic heterocycles. The van der Waals surface area contributed by atoms with Gasteiger partial charge < -0.3 is 9.47 Å². The van der Waals surface area contributed by atoms with Crippen molar-refractivity contribution in [1.82, 2.24) is 0 Å². The molecule has 104 valence electrons. The predicted molar refractivity (Wildman–Crippen MR) is 61.5 cm³/mol. The molecule has 0 unspecified atom stereocenters. The number of halogens is 5.